The van der Waals surface area contributed by atoms with Gasteiger partial charge < -0.3 is 20.7 Å². The number of halogens is 3. The van der Waals surface area contributed by atoms with E-state index in [9.17, 15) is 10.2 Å². The lowest BCUT2D eigenvalue weighted by molar-refractivity contribution is 0.0793. The first-order valence-electron chi connectivity index (χ1n) is 11.9. The molecule has 0 radical (unpaired) electrons. The van der Waals surface area contributed by atoms with Crippen LogP contribution in [0.4, 0.5) is 8.78 Å². The molecule has 7 heteroatoms. The number of hydrogen-bond donors (Lipinski definition) is 3. The molecule has 3 unspecified atom stereocenters. The Bertz CT molecular complexity index is 1280. The topological polar surface area (TPSA) is 75.7 Å². The molecule has 1 heterocycles. The third-order valence-corrected chi connectivity index (χ3v) is 7.68. The van der Waals surface area contributed by atoms with Gasteiger partial charge >= 0.3 is 0 Å². The molecule has 0 amide bonds. The quantitative estimate of drug-likeness (QED) is 0.362. The Morgan fingerprint density at radius 1 is 1.09 bits per heavy atom. The smallest absolute Gasteiger partial charge is 0.146 e. The van der Waals surface area contributed by atoms with E-state index in [1.165, 1.54) is 6.07 Å². The summed E-state index contributed by atoms with van der Waals surface area (Å²) in [7, 11) is 0. The molecular formula is C28H28ClF2NO3. The van der Waals surface area contributed by atoms with Crippen molar-refractivity contribution < 1.29 is 23.7 Å². The summed E-state index contributed by atoms with van der Waals surface area (Å²) in [6.07, 6.45) is 0.580. The minimum Gasteiger partial charge on any atom is -0.482 e. The molecule has 0 fully saturated rings. The van der Waals surface area contributed by atoms with Gasteiger partial charge in [-0.3, -0.25) is 0 Å². The second-order valence-corrected chi connectivity index (χ2v) is 9.94. The highest BCUT2D eigenvalue weighted by atomic mass is 35.5. The molecule has 2 aliphatic rings. The molecule has 5 rings (SSSR count). The Morgan fingerprint density at radius 2 is 1.83 bits per heavy atom. The van der Waals surface area contributed by atoms with Crippen molar-refractivity contribution in [2.45, 2.75) is 56.8 Å². The maximum Gasteiger partial charge on any atom is 0.146 e. The molecular weight excluding hydrogens is 472 g/mol. The second kappa shape index (κ2) is 9.17. The van der Waals surface area contributed by atoms with Gasteiger partial charge in [0.1, 0.15) is 23.0 Å². The Morgan fingerprint density at radius 3 is 2.54 bits per heavy atom. The monoisotopic (exact) mass is 499 g/mol. The lowest BCUT2D eigenvalue weighted by atomic mass is 9.82. The first-order valence-corrected chi connectivity index (χ1v) is 12.3. The number of rotatable bonds is 6. The summed E-state index contributed by atoms with van der Waals surface area (Å²) in [6.45, 7) is 2.25. The van der Waals surface area contributed by atoms with Crippen molar-refractivity contribution in [3.8, 4) is 16.9 Å². The summed E-state index contributed by atoms with van der Waals surface area (Å²) in [5.41, 5.74) is 7.82. The zero-order valence-electron chi connectivity index (χ0n) is 19.5. The maximum absolute atomic E-state index is 16.0. The summed E-state index contributed by atoms with van der Waals surface area (Å²) in [6, 6.07) is 12.7. The van der Waals surface area contributed by atoms with Crippen molar-refractivity contribution in [3.05, 3.63) is 86.9 Å². The molecule has 0 saturated heterocycles. The van der Waals surface area contributed by atoms with E-state index in [1.54, 1.807) is 13.0 Å². The number of fused-ring (bicyclic) bond motifs is 2. The van der Waals surface area contributed by atoms with E-state index >= 15 is 8.78 Å². The van der Waals surface area contributed by atoms with Gasteiger partial charge in [-0.25, -0.2) is 8.78 Å². The van der Waals surface area contributed by atoms with Crippen LogP contribution < -0.4 is 10.5 Å². The first-order chi connectivity index (χ1) is 16.8. The third-order valence-electron chi connectivity index (χ3n) is 7.31. The van der Waals surface area contributed by atoms with E-state index in [4.69, 9.17) is 22.1 Å². The van der Waals surface area contributed by atoms with Gasteiger partial charge in [0, 0.05) is 41.2 Å². The molecule has 0 saturated carbocycles. The van der Waals surface area contributed by atoms with Crippen LogP contribution >= 0.6 is 11.6 Å². The Labute approximate surface area is 208 Å². The van der Waals surface area contributed by atoms with Gasteiger partial charge in [0.25, 0.3) is 0 Å². The fraction of sp³-hybridized carbons (Fsp3) is 0.357. The van der Waals surface area contributed by atoms with Crippen molar-refractivity contribution in [1.82, 2.24) is 0 Å². The molecule has 0 aromatic heterocycles. The lowest BCUT2D eigenvalue weighted by Crippen LogP contribution is -2.31. The maximum atomic E-state index is 16.0. The average Bonchev–Trinajstić information content (AvgIpc) is 3.34. The number of aryl methyl sites for hydroxylation is 1. The largest absolute Gasteiger partial charge is 0.482 e. The van der Waals surface area contributed by atoms with Crippen LogP contribution in [0.3, 0.4) is 0 Å². The first kappa shape index (κ1) is 24.2. The minimum absolute atomic E-state index is 0.0194. The third kappa shape index (κ3) is 3.93. The zero-order valence-corrected chi connectivity index (χ0v) is 20.2. The predicted molar refractivity (Wildman–Crippen MR) is 131 cm³/mol. The van der Waals surface area contributed by atoms with Gasteiger partial charge in [-0.05, 0) is 49.4 Å². The van der Waals surface area contributed by atoms with Crippen LogP contribution in [0.25, 0.3) is 11.1 Å². The van der Waals surface area contributed by atoms with E-state index < -0.39 is 29.4 Å². The number of ether oxygens (including phenoxy) is 1. The second-order valence-electron chi connectivity index (χ2n) is 9.56. The van der Waals surface area contributed by atoms with Gasteiger partial charge in [0.05, 0.1) is 17.2 Å². The number of benzene rings is 3. The Balaban J connectivity index is 1.70. The van der Waals surface area contributed by atoms with E-state index in [1.807, 2.05) is 30.3 Å². The summed E-state index contributed by atoms with van der Waals surface area (Å²) < 4.78 is 37.6. The summed E-state index contributed by atoms with van der Waals surface area (Å²) >= 11 is 6.51. The number of nitrogens with two attached hydrogens (primary N) is 1. The van der Waals surface area contributed by atoms with E-state index in [0.29, 0.717) is 41.8 Å². The van der Waals surface area contributed by atoms with Crippen molar-refractivity contribution in [3.63, 3.8) is 0 Å². The predicted octanol–water partition coefficient (Wildman–Crippen LogP) is 6.02. The molecule has 4 N–H and O–H groups in total. The van der Waals surface area contributed by atoms with Crippen LogP contribution in [0.5, 0.6) is 5.75 Å². The van der Waals surface area contributed by atoms with E-state index in [-0.39, 0.29) is 28.1 Å². The number of aliphatic hydroxyl groups is 2. The van der Waals surface area contributed by atoms with Gasteiger partial charge in [-0.15, -0.1) is 0 Å². The van der Waals surface area contributed by atoms with E-state index in [2.05, 4.69) is 0 Å². The van der Waals surface area contributed by atoms with Gasteiger partial charge in [-0.2, -0.15) is 0 Å². The molecule has 0 spiro atoms. The molecule has 35 heavy (non-hydrogen) atoms. The van der Waals surface area contributed by atoms with Crippen molar-refractivity contribution in [2.24, 2.45) is 5.73 Å². The van der Waals surface area contributed by atoms with Crippen LogP contribution in [0, 0.1) is 18.6 Å². The molecule has 184 valence electrons. The number of hydrogen-bond acceptors (Lipinski definition) is 4. The SMILES string of the molecule is Cc1cc2c(c(F)c1-c1c(Cl)c(F)cc3c1CC(CCCCN)(c1ccccc1)O3)C(O)CC2O. The average molecular weight is 500 g/mol. The fourth-order valence-corrected chi connectivity index (χ4v) is 5.90. The van der Waals surface area contributed by atoms with Crippen LogP contribution in [-0.4, -0.2) is 16.8 Å². The van der Waals surface area contributed by atoms with Crippen LogP contribution in [-0.2, 0) is 12.0 Å². The Kier molecular flexibility index (Phi) is 6.34. The standard InChI is InChI=1S/C28H28ClF2NO3/c1-15-11-17-20(33)13-21(34)24(17)27(31)23(15)25-18-14-28(9-5-6-10-32,16-7-3-2-4-8-16)35-22(18)12-19(30)26(25)29/h2-4,7-8,11-12,20-21,33-34H,5-6,9-10,13-14,32H2,1H3. The highest BCUT2D eigenvalue weighted by Crippen LogP contribution is 2.53. The van der Waals surface area contributed by atoms with Crippen molar-refractivity contribution in [1.29, 1.82) is 0 Å². The molecule has 3 atom stereocenters. The highest BCUT2D eigenvalue weighted by molar-refractivity contribution is 6.34. The molecule has 3 aromatic carbocycles. The van der Waals surface area contributed by atoms with Gasteiger partial charge in [-0.1, -0.05) is 48.0 Å². The van der Waals surface area contributed by atoms with Crippen LogP contribution in [0.15, 0.2) is 42.5 Å². The molecule has 0 bridgehead atoms. The number of aliphatic hydroxyl groups excluding tert-OH is 2. The molecule has 1 aliphatic carbocycles. The molecule has 3 aromatic rings. The highest BCUT2D eigenvalue weighted by Gasteiger charge is 2.44. The van der Waals surface area contributed by atoms with Crippen LogP contribution in [0.2, 0.25) is 5.02 Å². The Hall–Kier alpha value is -2.51. The lowest BCUT2D eigenvalue weighted by Gasteiger charge is -2.29. The van der Waals surface area contributed by atoms with Crippen molar-refractivity contribution in [2.75, 3.05) is 6.54 Å². The van der Waals surface area contributed by atoms with Crippen LogP contribution in [0.1, 0.15) is 65.7 Å². The zero-order chi connectivity index (χ0) is 24.9. The minimum atomic E-state index is -1.14. The number of unbranched alkanes of at least 4 members (excludes halogenated alkanes) is 1. The summed E-state index contributed by atoms with van der Waals surface area (Å²) in [5, 5.41) is 20.5. The van der Waals surface area contributed by atoms with E-state index in [0.717, 1.165) is 18.4 Å². The van der Waals surface area contributed by atoms with Crippen molar-refractivity contribution >= 4 is 11.6 Å². The summed E-state index contributed by atoms with van der Waals surface area (Å²) in [5.74, 6) is -1.05. The summed E-state index contributed by atoms with van der Waals surface area (Å²) in [4.78, 5) is 0. The molecule has 4 nitrogen and oxygen atoms in total. The molecule has 1 aliphatic heterocycles. The fourth-order valence-electron chi connectivity index (χ4n) is 5.64. The van der Waals surface area contributed by atoms with Gasteiger partial charge in [0.15, 0.2) is 0 Å². The van der Waals surface area contributed by atoms with Gasteiger partial charge in [0.2, 0.25) is 0 Å². The normalized spacial score (nSPS) is 22.7.